The van der Waals surface area contributed by atoms with E-state index in [0.717, 1.165) is 23.7 Å². The van der Waals surface area contributed by atoms with Gasteiger partial charge in [0.15, 0.2) is 0 Å². The van der Waals surface area contributed by atoms with E-state index in [2.05, 4.69) is 26.0 Å². The fourth-order valence-electron chi connectivity index (χ4n) is 3.29. The molecule has 106 valence electrons. The fourth-order valence-corrected chi connectivity index (χ4v) is 3.29. The maximum atomic E-state index is 10.5. The average molecular weight is 262 g/mol. The molecule has 1 aromatic rings. The Morgan fingerprint density at radius 2 is 2.16 bits per heavy atom. The molecule has 0 bridgehead atoms. The van der Waals surface area contributed by atoms with Crippen molar-refractivity contribution in [2.75, 3.05) is 7.11 Å². The molecule has 1 aliphatic rings. The van der Waals surface area contributed by atoms with Gasteiger partial charge in [-0.15, -0.1) is 0 Å². The Labute approximate surface area is 116 Å². The van der Waals surface area contributed by atoms with E-state index in [1.54, 1.807) is 7.11 Å². The molecule has 19 heavy (non-hydrogen) atoms. The zero-order valence-electron chi connectivity index (χ0n) is 12.4. The minimum atomic E-state index is -0.238. The number of rotatable bonds is 4. The van der Waals surface area contributed by atoms with Gasteiger partial charge in [0, 0.05) is 6.42 Å². The van der Waals surface area contributed by atoms with E-state index in [0.29, 0.717) is 12.3 Å². The normalized spacial score (nSPS) is 25.1. The predicted octanol–water partition coefficient (Wildman–Crippen LogP) is 3.73. The molecule has 0 radical (unpaired) electrons. The van der Waals surface area contributed by atoms with Crippen LogP contribution >= 0.6 is 0 Å². The molecule has 1 fully saturated rings. The summed E-state index contributed by atoms with van der Waals surface area (Å²) < 4.78 is 5.40. The summed E-state index contributed by atoms with van der Waals surface area (Å²) in [6, 6.07) is 6.19. The molecule has 0 amide bonds. The number of aliphatic hydroxyl groups excluding tert-OH is 1. The van der Waals surface area contributed by atoms with Gasteiger partial charge in [-0.25, -0.2) is 0 Å². The SMILES string of the molecule is COc1ccc(C)cc1CC(O)C1CCCC(C)C1. The van der Waals surface area contributed by atoms with Crippen LogP contribution in [0.5, 0.6) is 5.75 Å². The third-order valence-electron chi connectivity index (χ3n) is 4.39. The highest BCUT2D eigenvalue weighted by atomic mass is 16.5. The van der Waals surface area contributed by atoms with Crippen LogP contribution in [-0.4, -0.2) is 18.3 Å². The van der Waals surface area contributed by atoms with Gasteiger partial charge in [-0.3, -0.25) is 0 Å². The monoisotopic (exact) mass is 262 g/mol. The van der Waals surface area contributed by atoms with Crippen LogP contribution in [0.25, 0.3) is 0 Å². The molecule has 2 nitrogen and oxygen atoms in total. The van der Waals surface area contributed by atoms with Gasteiger partial charge in [-0.05, 0) is 43.2 Å². The van der Waals surface area contributed by atoms with Crippen molar-refractivity contribution in [1.82, 2.24) is 0 Å². The van der Waals surface area contributed by atoms with Crippen LogP contribution in [0.2, 0.25) is 0 Å². The highest BCUT2D eigenvalue weighted by molar-refractivity contribution is 5.37. The zero-order chi connectivity index (χ0) is 13.8. The van der Waals surface area contributed by atoms with Crippen molar-refractivity contribution in [3.8, 4) is 5.75 Å². The van der Waals surface area contributed by atoms with Gasteiger partial charge in [0.2, 0.25) is 0 Å². The molecule has 1 aromatic carbocycles. The first-order chi connectivity index (χ1) is 9.10. The molecule has 0 saturated heterocycles. The second kappa shape index (κ2) is 6.42. The second-order valence-electron chi connectivity index (χ2n) is 6.12. The molecular weight excluding hydrogens is 236 g/mol. The van der Waals surface area contributed by atoms with Gasteiger partial charge in [0.1, 0.15) is 5.75 Å². The van der Waals surface area contributed by atoms with E-state index in [9.17, 15) is 5.11 Å². The van der Waals surface area contributed by atoms with E-state index in [-0.39, 0.29) is 6.10 Å². The van der Waals surface area contributed by atoms with Crippen molar-refractivity contribution < 1.29 is 9.84 Å². The molecule has 2 heteroatoms. The van der Waals surface area contributed by atoms with Gasteiger partial charge in [-0.2, -0.15) is 0 Å². The maximum absolute atomic E-state index is 10.5. The van der Waals surface area contributed by atoms with Gasteiger partial charge in [-0.1, -0.05) is 37.5 Å². The van der Waals surface area contributed by atoms with E-state index < -0.39 is 0 Å². The number of aliphatic hydroxyl groups is 1. The van der Waals surface area contributed by atoms with E-state index in [1.165, 1.54) is 24.8 Å². The number of benzene rings is 1. The third-order valence-corrected chi connectivity index (χ3v) is 4.39. The Morgan fingerprint density at radius 1 is 1.37 bits per heavy atom. The van der Waals surface area contributed by atoms with Crippen LogP contribution < -0.4 is 4.74 Å². The Balaban J connectivity index is 2.05. The van der Waals surface area contributed by atoms with Gasteiger partial charge in [0.05, 0.1) is 13.2 Å². The van der Waals surface area contributed by atoms with Crippen LogP contribution in [0.3, 0.4) is 0 Å². The summed E-state index contributed by atoms with van der Waals surface area (Å²) in [5, 5.41) is 10.5. The Bertz CT molecular complexity index is 414. The summed E-state index contributed by atoms with van der Waals surface area (Å²) in [4.78, 5) is 0. The minimum absolute atomic E-state index is 0.238. The van der Waals surface area contributed by atoms with E-state index in [4.69, 9.17) is 4.74 Å². The van der Waals surface area contributed by atoms with Gasteiger partial charge in [0.25, 0.3) is 0 Å². The van der Waals surface area contributed by atoms with Gasteiger partial charge < -0.3 is 9.84 Å². The molecule has 2 rings (SSSR count). The van der Waals surface area contributed by atoms with E-state index in [1.807, 2.05) is 6.07 Å². The number of ether oxygens (including phenoxy) is 1. The van der Waals surface area contributed by atoms with Crippen molar-refractivity contribution in [1.29, 1.82) is 0 Å². The number of hydrogen-bond acceptors (Lipinski definition) is 2. The summed E-state index contributed by atoms with van der Waals surface area (Å²) in [7, 11) is 1.70. The molecule has 3 unspecified atom stereocenters. The first-order valence-corrected chi connectivity index (χ1v) is 7.41. The largest absolute Gasteiger partial charge is 0.496 e. The standard InChI is InChI=1S/C17H26O2/c1-12-5-4-6-14(9-12)16(18)11-15-10-13(2)7-8-17(15)19-3/h7-8,10,12,14,16,18H,4-6,9,11H2,1-3H3. The summed E-state index contributed by atoms with van der Waals surface area (Å²) in [5.74, 6) is 2.11. The lowest BCUT2D eigenvalue weighted by atomic mass is 9.78. The van der Waals surface area contributed by atoms with Gasteiger partial charge >= 0.3 is 0 Å². The Kier molecular flexibility index (Phi) is 4.87. The lowest BCUT2D eigenvalue weighted by molar-refractivity contribution is 0.0715. The molecule has 1 N–H and O–H groups in total. The quantitative estimate of drug-likeness (QED) is 0.896. The van der Waals surface area contributed by atoms with Crippen LogP contribution in [-0.2, 0) is 6.42 Å². The topological polar surface area (TPSA) is 29.5 Å². The highest BCUT2D eigenvalue weighted by Gasteiger charge is 2.26. The molecule has 0 spiro atoms. The van der Waals surface area contributed by atoms with Crippen molar-refractivity contribution in [3.05, 3.63) is 29.3 Å². The zero-order valence-corrected chi connectivity index (χ0v) is 12.4. The van der Waals surface area contributed by atoms with Crippen LogP contribution in [0.15, 0.2) is 18.2 Å². The third kappa shape index (κ3) is 3.73. The Hall–Kier alpha value is -1.02. The number of aryl methyl sites for hydroxylation is 1. The van der Waals surface area contributed by atoms with Crippen molar-refractivity contribution >= 4 is 0 Å². The van der Waals surface area contributed by atoms with Crippen LogP contribution in [0.4, 0.5) is 0 Å². The molecule has 0 heterocycles. The summed E-state index contributed by atoms with van der Waals surface area (Å²) in [6.45, 7) is 4.38. The first-order valence-electron chi connectivity index (χ1n) is 7.41. The first kappa shape index (κ1) is 14.4. The molecule has 0 aromatic heterocycles. The lowest BCUT2D eigenvalue weighted by Crippen LogP contribution is -2.27. The van der Waals surface area contributed by atoms with Crippen molar-refractivity contribution in [3.63, 3.8) is 0 Å². The predicted molar refractivity (Wildman–Crippen MR) is 78.6 cm³/mol. The number of hydrogen-bond donors (Lipinski definition) is 1. The fraction of sp³-hybridized carbons (Fsp3) is 0.647. The van der Waals surface area contributed by atoms with E-state index >= 15 is 0 Å². The summed E-state index contributed by atoms with van der Waals surface area (Å²) in [5.41, 5.74) is 2.35. The van der Waals surface area contributed by atoms with Crippen LogP contribution in [0, 0.1) is 18.8 Å². The molecule has 0 aliphatic heterocycles. The molecular formula is C17H26O2. The van der Waals surface area contributed by atoms with Crippen LogP contribution in [0.1, 0.15) is 43.7 Å². The minimum Gasteiger partial charge on any atom is -0.496 e. The average Bonchev–Trinajstić information content (AvgIpc) is 2.39. The maximum Gasteiger partial charge on any atom is 0.122 e. The summed E-state index contributed by atoms with van der Waals surface area (Å²) >= 11 is 0. The lowest BCUT2D eigenvalue weighted by Gasteiger charge is -2.30. The highest BCUT2D eigenvalue weighted by Crippen LogP contribution is 2.33. The molecule has 1 aliphatic carbocycles. The van der Waals surface area contributed by atoms with Crippen molar-refractivity contribution in [2.24, 2.45) is 11.8 Å². The molecule has 3 atom stereocenters. The summed E-state index contributed by atoms with van der Waals surface area (Å²) in [6.07, 6.45) is 5.38. The molecule has 1 saturated carbocycles. The second-order valence-corrected chi connectivity index (χ2v) is 6.12. The Morgan fingerprint density at radius 3 is 2.84 bits per heavy atom. The van der Waals surface area contributed by atoms with Crippen molar-refractivity contribution in [2.45, 2.75) is 52.1 Å². The number of methoxy groups -OCH3 is 1. The smallest absolute Gasteiger partial charge is 0.122 e.